The van der Waals surface area contributed by atoms with Gasteiger partial charge in [-0.1, -0.05) is 43.7 Å². The molecule has 0 bridgehead atoms. The average Bonchev–Trinajstić information content (AvgIpc) is 2.46. The van der Waals surface area contributed by atoms with Crippen LogP contribution in [0.3, 0.4) is 0 Å². The van der Waals surface area contributed by atoms with E-state index in [1.165, 1.54) is 6.07 Å². The van der Waals surface area contributed by atoms with Crippen LogP contribution in [0.2, 0.25) is 0 Å². The molecule has 0 aromatic heterocycles. The van der Waals surface area contributed by atoms with E-state index < -0.39 is 22.0 Å². The molecule has 0 aliphatic heterocycles. The Morgan fingerprint density at radius 2 is 1.86 bits per heavy atom. The first kappa shape index (κ1) is 15.5. The molecule has 0 heterocycles. The van der Waals surface area contributed by atoms with Gasteiger partial charge in [0.1, 0.15) is 6.04 Å². The van der Waals surface area contributed by atoms with Crippen LogP contribution in [0.25, 0.3) is 10.8 Å². The molecule has 21 heavy (non-hydrogen) atoms. The third-order valence-electron chi connectivity index (χ3n) is 3.20. The third kappa shape index (κ3) is 3.59. The van der Waals surface area contributed by atoms with Crippen molar-refractivity contribution in [1.82, 2.24) is 4.72 Å². The van der Waals surface area contributed by atoms with Crippen molar-refractivity contribution in [3.8, 4) is 0 Å². The van der Waals surface area contributed by atoms with Gasteiger partial charge in [0.2, 0.25) is 10.0 Å². The Hall–Kier alpha value is -1.92. The summed E-state index contributed by atoms with van der Waals surface area (Å²) >= 11 is 0. The van der Waals surface area contributed by atoms with E-state index in [9.17, 15) is 13.2 Å². The van der Waals surface area contributed by atoms with Crippen LogP contribution in [0.15, 0.2) is 47.4 Å². The van der Waals surface area contributed by atoms with E-state index in [0.717, 1.165) is 10.8 Å². The maximum atomic E-state index is 12.3. The van der Waals surface area contributed by atoms with Crippen molar-refractivity contribution >= 4 is 26.8 Å². The van der Waals surface area contributed by atoms with Crippen molar-refractivity contribution in [2.75, 3.05) is 0 Å². The summed E-state index contributed by atoms with van der Waals surface area (Å²) in [5.74, 6) is -1.17. The number of carboxylic acids is 1. The van der Waals surface area contributed by atoms with Gasteiger partial charge in [0.25, 0.3) is 0 Å². The number of carbonyl (C=O) groups is 1. The molecule has 1 atom stereocenters. The Kier molecular flexibility index (Phi) is 4.59. The number of benzene rings is 2. The number of sulfonamides is 1. The van der Waals surface area contributed by atoms with E-state index in [4.69, 9.17) is 5.11 Å². The van der Waals surface area contributed by atoms with Gasteiger partial charge in [-0.2, -0.15) is 4.72 Å². The Balaban J connectivity index is 2.34. The lowest BCUT2D eigenvalue weighted by Gasteiger charge is -2.14. The highest BCUT2D eigenvalue weighted by molar-refractivity contribution is 7.89. The van der Waals surface area contributed by atoms with Crippen molar-refractivity contribution in [3.05, 3.63) is 42.5 Å². The summed E-state index contributed by atoms with van der Waals surface area (Å²) in [4.78, 5) is 11.2. The Morgan fingerprint density at radius 3 is 2.48 bits per heavy atom. The first-order valence-electron chi connectivity index (χ1n) is 6.68. The molecule has 2 rings (SSSR count). The van der Waals surface area contributed by atoms with E-state index in [2.05, 4.69) is 4.72 Å². The molecule has 0 aliphatic carbocycles. The Morgan fingerprint density at radius 1 is 1.19 bits per heavy atom. The molecule has 2 N–H and O–H groups in total. The molecule has 2 aromatic carbocycles. The van der Waals surface area contributed by atoms with Crippen LogP contribution >= 0.6 is 0 Å². The summed E-state index contributed by atoms with van der Waals surface area (Å²) in [7, 11) is -3.85. The van der Waals surface area contributed by atoms with Crippen molar-refractivity contribution in [2.45, 2.75) is 30.7 Å². The zero-order valence-electron chi connectivity index (χ0n) is 11.6. The quantitative estimate of drug-likeness (QED) is 0.858. The van der Waals surface area contributed by atoms with E-state index in [-0.39, 0.29) is 11.3 Å². The molecule has 0 radical (unpaired) electrons. The minimum absolute atomic E-state index is 0.0727. The zero-order chi connectivity index (χ0) is 15.5. The second-order valence-electron chi connectivity index (χ2n) is 4.81. The molecular formula is C15H17NO4S. The number of fused-ring (bicyclic) bond motifs is 1. The second-order valence-corrected chi connectivity index (χ2v) is 6.52. The summed E-state index contributed by atoms with van der Waals surface area (Å²) < 4.78 is 26.8. The van der Waals surface area contributed by atoms with Crippen molar-refractivity contribution < 1.29 is 18.3 Å². The fourth-order valence-electron chi connectivity index (χ4n) is 2.11. The van der Waals surface area contributed by atoms with Gasteiger partial charge >= 0.3 is 5.97 Å². The van der Waals surface area contributed by atoms with E-state index in [0.29, 0.717) is 6.42 Å². The number of rotatable bonds is 6. The lowest BCUT2D eigenvalue weighted by Crippen LogP contribution is -2.40. The van der Waals surface area contributed by atoms with Crippen LogP contribution in [0.4, 0.5) is 0 Å². The van der Waals surface area contributed by atoms with Crippen LogP contribution in [0.5, 0.6) is 0 Å². The average molecular weight is 307 g/mol. The normalized spacial score (nSPS) is 13.2. The summed E-state index contributed by atoms with van der Waals surface area (Å²) in [6.45, 7) is 1.81. The van der Waals surface area contributed by atoms with Crippen LogP contribution in [-0.2, 0) is 14.8 Å². The van der Waals surface area contributed by atoms with Gasteiger partial charge in [0, 0.05) is 0 Å². The lowest BCUT2D eigenvalue weighted by atomic mass is 10.1. The van der Waals surface area contributed by atoms with Crippen molar-refractivity contribution in [1.29, 1.82) is 0 Å². The zero-order valence-corrected chi connectivity index (χ0v) is 12.4. The first-order valence-corrected chi connectivity index (χ1v) is 8.16. The number of nitrogens with one attached hydrogen (secondary N) is 1. The topological polar surface area (TPSA) is 83.5 Å². The van der Waals surface area contributed by atoms with Gasteiger partial charge in [-0.15, -0.1) is 0 Å². The second kappa shape index (κ2) is 6.24. The van der Waals surface area contributed by atoms with Crippen molar-refractivity contribution in [2.24, 2.45) is 0 Å². The fourth-order valence-corrected chi connectivity index (χ4v) is 3.37. The molecule has 5 nitrogen and oxygen atoms in total. The maximum Gasteiger partial charge on any atom is 0.321 e. The molecular weight excluding hydrogens is 290 g/mol. The third-order valence-corrected chi connectivity index (χ3v) is 4.67. The molecule has 0 saturated carbocycles. The summed E-state index contributed by atoms with van der Waals surface area (Å²) in [6.07, 6.45) is 0.833. The lowest BCUT2D eigenvalue weighted by molar-refractivity contribution is -0.139. The predicted octanol–water partition coefficient (Wildman–Crippen LogP) is 2.37. The highest BCUT2D eigenvalue weighted by Crippen LogP contribution is 2.19. The number of hydrogen-bond acceptors (Lipinski definition) is 3. The van der Waals surface area contributed by atoms with E-state index in [1.54, 1.807) is 19.1 Å². The highest BCUT2D eigenvalue weighted by atomic mass is 32.2. The summed E-state index contributed by atoms with van der Waals surface area (Å²) in [6, 6.07) is 11.0. The Labute approximate surface area is 123 Å². The molecule has 0 amide bonds. The summed E-state index contributed by atoms with van der Waals surface area (Å²) in [5.41, 5.74) is 0. The molecule has 0 fully saturated rings. The monoisotopic (exact) mass is 307 g/mol. The van der Waals surface area contributed by atoms with Gasteiger partial charge in [0.05, 0.1) is 4.90 Å². The van der Waals surface area contributed by atoms with Crippen LogP contribution in [0, 0.1) is 0 Å². The molecule has 0 aliphatic rings. The SMILES string of the molecule is CCC[C@@H](NS(=O)(=O)c1ccc2ccccc2c1)C(=O)O. The van der Waals surface area contributed by atoms with Gasteiger partial charge < -0.3 is 5.11 Å². The van der Waals surface area contributed by atoms with Crippen LogP contribution in [-0.4, -0.2) is 25.5 Å². The molecule has 0 saturated heterocycles. The highest BCUT2D eigenvalue weighted by Gasteiger charge is 2.24. The molecule has 0 unspecified atom stereocenters. The van der Waals surface area contributed by atoms with E-state index in [1.807, 2.05) is 24.3 Å². The van der Waals surface area contributed by atoms with Crippen LogP contribution < -0.4 is 4.72 Å². The largest absolute Gasteiger partial charge is 0.480 e. The maximum absolute atomic E-state index is 12.3. The standard InChI is InChI=1S/C15H17NO4S/c1-2-5-14(15(17)18)16-21(19,20)13-9-8-11-6-3-4-7-12(11)10-13/h3-4,6-10,14,16H,2,5H2,1H3,(H,17,18)/t14-/m1/s1. The number of hydrogen-bond donors (Lipinski definition) is 2. The molecule has 112 valence electrons. The minimum Gasteiger partial charge on any atom is -0.480 e. The first-order chi connectivity index (χ1) is 9.94. The predicted molar refractivity (Wildman–Crippen MR) is 80.6 cm³/mol. The van der Waals surface area contributed by atoms with Gasteiger partial charge in [-0.3, -0.25) is 4.79 Å². The minimum atomic E-state index is -3.85. The van der Waals surface area contributed by atoms with Gasteiger partial charge in [-0.05, 0) is 29.3 Å². The number of aliphatic carboxylic acids is 1. The molecule has 0 spiro atoms. The van der Waals surface area contributed by atoms with Crippen molar-refractivity contribution in [3.63, 3.8) is 0 Å². The molecule has 2 aromatic rings. The smallest absolute Gasteiger partial charge is 0.321 e. The van der Waals surface area contributed by atoms with E-state index >= 15 is 0 Å². The number of carboxylic acid groups (broad SMARTS) is 1. The fraction of sp³-hybridized carbons (Fsp3) is 0.267. The van der Waals surface area contributed by atoms with Gasteiger partial charge in [0.15, 0.2) is 0 Å². The summed E-state index contributed by atoms with van der Waals surface area (Å²) in [5, 5.41) is 10.8. The van der Waals surface area contributed by atoms with Gasteiger partial charge in [-0.25, -0.2) is 8.42 Å². The van der Waals surface area contributed by atoms with Crippen LogP contribution in [0.1, 0.15) is 19.8 Å². The molecule has 6 heteroatoms. The Bertz CT molecular complexity index is 755.